The number of carbonyl (C=O) groups is 1. The van der Waals surface area contributed by atoms with Crippen molar-refractivity contribution in [1.82, 2.24) is 5.32 Å². The second-order valence-corrected chi connectivity index (χ2v) is 21.8. The van der Waals surface area contributed by atoms with Gasteiger partial charge in [-0.15, -0.1) is 0 Å². The van der Waals surface area contributed by atoms with Crippen molar-refractivity contribution < 1.29 is 89.4 Å². The highest BCUT2D eigenvalue weighted by Gasteiger charge is 2.53. The van der Waals surface area contributed by atoms with Gasteiger partial charge in [0.25, 0.3) is 0 Å². The molecule has 12 N–H and O–H groups in total. The molecule has 0 saturated carbocycles. The lowest BCUT2D eigenvalue weighted by Gasteiger charge is -2.48. The molecular formula is C59H107NO18. The van der Waals surface area contributed by atoms with Gasteiger partial charge >= 0.3 is 0 Å². The van der Waals surface area contributed by atoms with Crippen LogP contribution >= 0.6 is 0 Å². The monoisotopic (exact) mass is 1120 g/mol. The maximum Gasteiger partial charge on any atom is 0.220 e. The van der Waals surface area contributed by atoms with Gasteiger partial charge < -0.3 is 89.9 Å². The van der Waals surface area contributed by atoms with Gasteiger partial charge in [-0.25, -0.2) is 0 Å². The van der Waals surface area contributed by atoms with Crippen molar-refractivity contribution >= 4 is 5.91 Å². The van der Waals surface area contributed by atoms with Crippen molar-refractivity contribution in [3.05, 3.63) is 36.5 Å². The number of amides is 1. The molecule has 19 heteroatoms. The second-order valence-electron chi connectivity index (χ2n) is 21.8. The standard InChI is InChI=1S/C59H107NO18/c1-3-5-7-9-10-11-12-13-14-15-16-17-18-19-20-21-22-23-24-25-26-27-28-29-30-31-32-33-34-36-43(64)42(60-47(65)37-35-8-6-4-2)41-73-57-53(71)50(68)55(45(39-62)75-57)78-59-54(72)51(69)56(46(40-63)76-59)77-58-52(70)49(67)48(66)44(38-61)74-58/h26-27,30-31,34,36,42-46,48-59,61-64,66-72H,3-25,28-29,32-33,35,37-41H2,1-2H3,(H,60,65)/b27-26+,31-30+,36-34+. The Labute approximate surface area is 466 Å². The Kier molecular flexibility index (Phi) is 38.5. The lowest BCUT2D eigenvalue weighted by Crippen LogP contribution is -2.66. The number of hydrogen-bond acceptors (Lipinski definition) is 18. The summed E-state index contributed by atoms with van der Waals surface area (Å²) in [5, 5.41) is 119. The van der Waals surface area contributed by atoms with Gasteiger partial charge in [0.2, 0.25) is 5.91 Å². The Bertz CT molecular complexity index is 1570. The Morgan fingerprint density at radius 1 is 0.449 bits per heavy atom. The zero-order valence-corrected chi connectivity index (χ0v) is 47.4. The van der Waals surface area contributed by atoms with Crippen LogP contribution < -0.4 is 5.32 Å². The smallest absolute Gasteiger partial charge is 0.220 e. The number of carbonyl (C=O) groups excluding carboxylic acids is 1. The predicted molar refractivity (Wildman–Crippen MR) is 296 cm³/mol. The molecule has 3 aliphatic rings. The molecule has 0 aromatic rings. The summed E-state index contributed by atoms with van der Waals surface area (Å²) in [6.45, 7) is 1.54. The highest BCUT2D eigenvalue weighted by molar-refractivity contribution is 5.76. The quantitative estimate of drug-likeness (QED) is 0.0271. The molecule has 0 aromatic carbocycles. The van der Waals surface area contributed by atoms with Crippen LogP contribution in [0.5, 0.6) is 0 Å². The molecule has 17 unspecified atom stereocenters. The van der Waals surface area contributed by atoms with Gasteiger partial charge in [-0.3, -0.25) is 4.79 Å². The van der Waals surface area contributed by atoms with Crippen LogP contribution in [0.4, 0.5) is 0 Å². The summed E-state index contributed by atoms with van der Waals surface area (Å²) in [5.41, 5.74) is 0. The first kappa shape index (κ1) is 70.3. The van der Waals surface area contributed by atoms with Gasteiger partial charge in [-0.05, 0) is 44.9 Å². The first-order valence-electron chi connectivity index (χ1n) is 30.2. The topological polar surface area (TPSA) is 307 Å². The number of nitrogens with one attached hydrogen (secondary N) is 1. The molecule has 3 heterocycles. The van der Waals surface area contributed by atoms with Crippen LogP contribution in [0.3, 0.4) is 0 Å². The van der Waals surface area contributed by atoms with Gasteiger partial charge in [0.15, 0.2) is 18.9 Å². The average molecular weight is 1120 g/mol. The number of aliphatic hydroxyl groups excluding tert-OH is 11. The highest BCUT2D eigenvalue weighted by Crippen LogP contribution is 2.33. The summed E-state index contributed by atoms with van der Waals surface area (Å²) in [4.78, 5) is 13.0. The van der Waals surface area contributed by atoms with E-state index in [-0.39, 0.29) is 18.9 Å². The maximum atomic E-state index is 13.0. The van der Waals surface area contributed by atoms with Gasteiger partial charge in [-0.2, -0.15) is 0 Å². The van der Waals surface area contributed by atoms with Crippen LogP contribution in [0.15, 0.2) is 36.5 Å². The number of hydrogen-bond donors (Lipinski definition) is 12. The lowest BCUT2D eigenvalue weighted by molar-refractivity contribution is -0.379. The summed E-state index contributed by atoms with van der Waals surface area (Å²) < 4.78 is 34.0. The summed E-state index contributed by atoms with van der Waals surface area (Å²) >= 11 is 0. The normalized spacial score (nSPS) is 30.7. The molecule has 3 fully saturated rings. The molecule has 456 valence electrons. The molecule has 0 bridgehead atoms. The van der Waals surface area contributed by atoms with Crippen molar-refractivity contribution in [2.45, 2.75) is 304 Å². The van der Waals surface area contributed by atoms with Crippen LogP contribution in [-0.4, -0.2) is 193 Å². The highest BCUT2D eigenvalue weighted by atomic mass is 16.8. The Morgan fingerprint density at radius 2 is 0.821 bits per heavy atom. The molecule has 78 heavy (non-hydrogen) atoms. The van der Waals surface area contributed by atoms with Crippen molar-refractivity contribution in [3.8, 4) is 0 Å². The third-order valence-corrected chi connectivity index (χ3v) is 15.2. The summed E-state index contributed by atoms with van der Waals surface area (Å²) in [6.07, 6.45) is 19.7. The van der Waals surface area contributed by atoms with Crippen LogP contribution in [0, 0.1) is 0 Å². The summed E-state index contributed by atoms with van der Waals surface area (Å²) in [6, 6.07) is -0.989. The minimum Gasteiger partial charge on any atom is -0.394 e. The number of allylic oxidation sites excluding steroid dienone is 5. The molecule has 19 nitrogen and oxygen atoms in total. The number of ether oxygens (including phenoxy) is 6. The molecule has 3 saturated heterocycles. The van der Waals surface area contributed by atoms with Crippen LogP contribution in [0.1, 0.15) is 200 Å². The van der Waals surface area contributed by atoms with Crippen molar-refractivity contribution in [2.75, 3.05) is 26.4 Å². The fraction of sp³-hybridized carbons (Fsp3) is 0.881. The van der Waals surface area contributed by atoms with E-state index in [0.29, 0.717) is 12.8 Å². The van der Waals surface area contributed by atoms with Gasteiger partial charge in [0.05, 0.1) is 38.6 Å². The predicted octanol–water partition coefficient (Wildman–Crippen LogP) is 5.32. The van der Waals surface area contributed by atoms with Crippen LogP contribution in [0.25, 0.3) is 0 Å². The van der Waals surface area contributed by atoms with Crippen LogP contribution in [-0.2, 0) is 33.2 Å². The minimum absolute atomic E-state index is 0.223. The first-order chi connectivity index (χ1) is 37.8. The fourth-order valence-electron chi connectivity index (χ4n) is 10.2. The molecule has 0 aromatic heterocycles. The molecule has 0 aliphatic carbocycles. The molecule has 1 amide bonds. The van der Waals surface area contributed by atoms with Gasteiger partial charge in [0, 0.05) is 6.42 Å². The Morgan fingerprint density at radius 3 is 1.28 bits per heavy atom. The average Bonchev–Trinajstić information content (AvgIpc) is 3.44. The third-order valence-electron chi connectivity index (χ3n) is 15.2. The molecule has 3 aliphatic heterocycles. The van der Waals surface area contributed by atoms with Gasteiger partial charge in [0.1, 0.15) is 73.2 Å². The zero-order valence-electron chi connectivity index (χ0n) is 47.4. The van der Waals surface area contributed by atoms with E-state index in [9.17, 15) is 61.0 Å². The zero-order chi connectivity index (χ0) is 56.9. The second kappa shape index (κ2) is 42.8. The minimum atomic E-state index is -1.98. The molecule has 3 rings (SSSR count). The molecule has 0 radical (unpaired) electrons. The summed E-state index contributed by atoms with van der Waals surface area (Å²) in [7, 11) is 0. The number of rotatable bonds is 44. The lowest BCUT2D eigenvalue weighted by atomic mass is 9.96. The van der Waals surface area contributed by atoms with E-state index >= 15 is 0 Å². The maximum absolute atomic E-state index is 13.0. The van der Waals surface area contributed by atoms with Crippen molar-refractivity contribution in [3.63, 3.8) is 0 Å². The molecule has 17 atom stereocenters. The van der Waals surface area contributed by atoms with Crippen molar-refractivity contribution in [1.29, 1.82) is 0 Å². The fourth-order valence-corrected chi connectivity index (χ4v) is 10.2. The van der Waals surface area contributed by atoms with E-state index in [4.69, 9.17) is 28.4 Å². The van der Waals surface area contributed by atoms with E-state index in [2.05, 4.69) is 43.5 Å². The summed E-state index contributed by atoms with van der Waals surface area (Å²) in [5.74, 6) is -0.309. The van der Waals surface area contributed by atoms with Crippen LogP contribution in [0.2, 0.25) is 0 Å². The van der Waals surface area contributed by atoms with Crippen molar-refractivity contribution in [2.24, 2.45) is 0 Å². The largest absolute Gasteiger partial charge is 0.394 e. The van der Waals surface area contributed by atoms with E-state index in [1.54, 1.807) is 6.08 Å². The van der Waals surface area contributed by atoms with Gasteiger partial charge in [-0.1, -0.05) is 185 Å². The van der Waals surface area contributed by atoms with E-state index in [1.165, 1.54) is 122 Å². The molecular weight excluding hydrogens is 1010 g/mol. The Balaban J connectivity index is 1.37. The number of aliphatic hydroxyl groups is 11. The van der Waals surface area contributed by atoms with E-state index in [1.807, 2.05) is 6.08 Å². The molecule has 0 spiro atoms. The number of unbranched alkanes of at least 4 members (excludes halogenated alkanes) is 24. The first-order valence-corrected chi connectivity index (χ1v) is 30.2. The van der Waals surface area contributed by atoms with E-state index < -0.39 is 124 Å². The van der Waals surface area contributed by atoms with E-state index in [0.717, 1.165) is 44.9 Å². The SMILES string of the molecule is CCCCCCCCCCCCCCCCCCCCC/C=C/CC/C=C/CC/C=C/C(O)C(COC1OC(CO)C(OC2OC(CO)C(OC3OC(CO)C(O)C(O)C3O)C(O)C2O)C(O)C1O)NC(=O)CCCCCC. The third kappa shape index (κ3) is 26.5. The Hall–Kier alpha value is -1.99.